The molecule has 6 heteroatoms. The second kappa shape index (κ2) is 6.49. The molecule has 1 heterocycles. The number of carboxylic acids is 1. The second-order valence-electron chi connectivity index (χ2n) is 4.39. The molecule has 2 aromatic rings. The Balaban J connectivity index is 2.17. The number of ether oxygens (including phenoxy) is 1. The number of benzene rings is 1. The zero-order valence-electron chi connectivity index (χ0n) is 11.6. The van der Waals surface area contributed by atoms with Crippen molar-refractivity contribution in [2.24, 2.45) is 0 Å². The van der Waals surface area contributed by atoms with Crippen LogP contribution >= 0.6 is 11.3 Å². The topological polar surface area (TPSA) is 59.4 Å². The van der Waals surface area contributed by atoms with Crippen molar-refractivity contribution in [1.82, 2.24) is 4.98 Å². The van der Waals surface area contributed by atoms with Crippen LogP contribution in [0.2, 0.25) is 0 Å². The fourth-order valence-corrected chi connectivity index (χ4v) is 2.53. The molecule has 0 aliphatic heterocycles. The van der Waals surface area contributed by atoms with Crippen LogP contribution in [0.5, 0.6) is 5.75 Å². The van der Waals surface area contributed by atoms with Crippen LogP contribution in [-0.4, -0.2) is 16.1 Å². The highest BCUT2D eigenvalue weighted by Gasteiger charge is 2.07. The number of hydrogen-bond donors (Lipinski definition) is 1. The van der Waals surface area contributed by atoms with Crippen molar-refractivity contribution >= 4 is 23.4 Å². The van der Waals surface area contributed by atoms with Gasteiger partial charge in [-0.2, -0.15) is 0 Å². The smallest absolute Gasteiger partial charge is 0.328 e. The molecule has 1 aromatic heterocycles. The van der Waals surface area contributed by atoms with E-state index in [-0.39, 0.29) is 6.61 Å². The van der Waals surface area contributed by atoms with Crippen molar-refractivity contribution < 1.29 is 19.0 Å². The second-order valence-corrected chi connectivity index (χ2v) is 5.68. The maximum absolute atomic E-state index is 13.2. The summed E-state index contributed by atoms with van der Waals surface area (Å²) in [5.41, 5.74) is 1.34. The molecule has 0 saturated carbocycles. The molecule has 0 bridgehead atoms. The Labute approximate surface area is 125 Å². The fraction of sp³-hybridized carbons (Fsp3) is 0.200. The number of aryl methyl sites for hydroxylation is 2. The highest BCUT2D eigenvalue weighted by atomic mass is 32.1. The predicted octanol–water partition coefficient (Wildman–Crippen LogP) is 3.58. The van der Waals surface area contributed by atoms with E-state index in [2.05, 4.69) is 4.98 Å². The molecule has 0 atom stereocenters. The van der Waals surface area contributed by atoms with Crippen LogP contribution in [0, 0.1) is 19.7 Å². The zero-order chi connectivity index (χ0) is 15.4. The maximum atomic E-state index is 13.2. The molecule has 1 aromatic carbocycles. The summed E-state index contributed by atoms with van der Waals surface area (Å²) in [5.74, 6) is -1.14. The molecule has 0 saturated heterocycles. The number of thiazole rings is 1. The van der Waals surface area contributed by atoms with Crippen LogP contribution in [0.3, 0.4) is 0 Å². The molecule has 1 N–H and O–H groups in total. The van der Waals surface area contributed by atoms with Crippen LogP contribution in [0.4, 0.5) is 4.39 Å². The normalized spacial score (nSPS) is 11.0. The Kier molecular flexibility index (Phi) is 4.70. The zero-order valence-corrected chi connectivity index (χ0v) is 12.4. The van der Waals surface area contributed by atoms with Crippen LogP contribution in [0.1, 0.15) is 21.1 Å². The molecular formula is C15H14FNO3S. The average molecular weight is 307 g/mol. The molecule has 0 unspecified atom stereocenters. The molecule has 110 valence electrons. The van der Waals surface area contributed by atoms with Gasteiger partial charge in [0.05, 0.1) is 5.69 Å². The van der Waals surface area contributed by atoms with Gasteiger partial charge in [-0.05, 0) is 38.1 Å². The van der Waals surface area contributed by atoms with Crippen molar-refractivity contribution in [3.8, 4) is 5.75 Å². The van der Waals surface area contributed by atoms with E-state index < -0.39 is 11.8 Å². The lowest BCUT2D eigenvalue weighted by atomic mass is 10.2. The standard InChI is InChI=1S/C15H14FNO3S/c1-9-10(2)21-14(17-9)8-20-13-5-4-12(16)7-11(13)3-6-15(18)19/h3-7H,8H2,1-2H3,(H,18,19)/b6-3+. The van der Waals surface area contributed by atoms with E-state index in [1.165, 1.54) is 35.6 Å². The van der Waals surface area contributed by atoms with Crippen molar-refractivity contribution in [2.45, 2.75) is 20.5 Å². The lowest BCUT2D eigenvalue weighted by Crippen LogP contribution is -1.97. The number of aliphatic carboxylic acids is 1. The van der Waals surface area contributed by atoms with Crippen LogP contribution < -0.4 is 4.74 Å². The Morgan fingerprint density at radius 2 is 2.24 bits per heavy atom. The van der Waals surface area contributed by atoms with E-state index in [1.807, 2.05) is 13.8 Å². The molecule has 0 aliphatic rings. The van der Waals surface area contributed by atoms with Gasteiger partial charge in [-0.3, -0.25) is 0 Å². The van der Waals surface area contributed by atoms with E-state index in [9.17, 15) is 9.18 Å². The summed E-state index contributed by atoms with van der Waals surface area (Å²) in [6.45, 7) is 4.17. The Morgan fingerprint density at radius 3 is 2.86 bits per heavy atom. The van der Waals surface area contributed by atoms with Gasteiger partial charge in [-0.1, -0.05) is 0 Å². The third kappa shape index (κ3) is 4.13. The van der Waals surface area contributed by atoms with Gasteiger partial charge in [-0.15, -0.1) is 11.3 Å². The van der Waals surface area contributed by atoms with Gasteiger partial charge < -0.3 is 9.84 Å². The van der Waals surface area contributed by atoms with Gasteiger partial charge in [0.2, 0.25) is 0 Å². The van der Waals surface area contributed by atoms with Crippen molar-refractivity contribution in [3.63, 3.8) is 0 Å². The molecule has 0 aliphatic carbocycles. The first-order chi connectivity index (χ1) is 9.95. The molecule has 0 amide bonds. The first-order valence-electron chi connectivity index (χ1n) is 6.22. The number of hydrogen-bond acceptors (Lipinski definition) is 4. The van der Waals surface area contributed by atoms with Gasteiger partial charge >= 0.3 is 5.97 Å². The molecule has 0 fully saturated rings. The largest absolute Gasteiger partial charge is 0.486 e. The maximum Gasteiger partial charge on any atom is 0.328 e. The highest BCUT2D eigenvalue weighted by molar-refractivity contribution is 7.11. The summed E-state index contributed by atoms with van der Waals surface area (Å²) in [6, 6.07) is 3.98. The Hall–Kier alpha value is -2.21. The van der Waals surface area contributed by atoms with E-state index in [1.54, 1.807) is 0 Å². The number of aromatic nitrogens is 1. The van der Waals surface area contributed by atoms with Crippen molar-refractivity contribution in [2.75, 3.05) is 0 Å². The monoisotopic (exact) mass is 307 g/mol. The Bertz CT molecular complexity index is 675. The van der Waals surface area contributed by atoms with Crippen LogP contribution in [0.25, 0.3) is 6.08 Å². The van der Waals surface area contributed by atoms with E-state index in [4.69, 9.17) is 9.84 Å². The number of nitrogens with zero attached hydrogens (tertiary/aromatic N) is 1. The van der Waals surface area contributed by atoms with Crippen LogP contribution in [-0.2, 0) is 11.4 Å². The SMILES string of the molecule is Cc1nc(COc2ccc(F)cc2/C=C/C(=O)O)sc1C. The molecule has 0 radical (unpaired) electrons. The average Bonchev–Trinajstić information content (AvgIpc) is 2.74. The third-order valence-corrected chi connectivity index (χ3v) is 3.85. The highest BCUT2D eigenvalue weighted by Crippen LogP contribution is 2.24. The van der Waals surface area contributed by atoms with Gasteiger partial charge in [0.15, 0.2) is 0 Å². The molecular weight excluding hydrogens is 293 g/mol. The molecule has 21 heavy (non-hydrogen) atoms. The summed E-state index contributed by atoms with van der Waals surface area (Å²) < 4.78 is 18.9. The minimum atomic E-state index is -1.10. The quantitative estimate of drug-likeness (QED) is 0.858. The first-order valence-corrected chi connectivity index (χ1v) is 7.03. The number of carbonyl (C=O) groups is 1. The van der Waals surface area contributed by atoms with E-state index in [0.717, 1.165) is 21.7 Å². The minimum absolute atomic E-state index is 0.263. The predicted molar refractivity (Wildman–Crippen MR) is 79.0 cm³/mol. The van der Waals surface area contributed by atoms with Crippen molar-refractivity contribution in [1.29, 1.82) is 0 Å². The van der Waals surface area contributed by atoms with Crippen molar-refractivity contribution in [3.05, 3.63) is 51.2 Å². The molecule has 4 nitrogen and oxygen atoms in total. The Morgan fingerprint density at radius 1 is 1.48 bits per heavy atom. The van der Waals surface area contributed by atoms with Gasteiger partial charge in [-0.25, -0.2) is 14.2 Å². The summed E-state index contributed by atoms with van der Waals surface area (Å²) in [6.07, 6.45) is 2.25. The summed E-state index contributed by atoms with van der Waals surface area (Å²) in [4.78, 5) is 16.0. The van der Waals surface area contributed by atoms with Crippen LogP contribution in [0.15, 0.2) is 24.3 Å². The summed E-state index contributed by atoms with van der Waals surface area (Å²) in [5, 5.41) is 9.47. The lowest BCUT2D eigenvalue weighted by molar-refractivity contribution is -0.131. The number of rotatable bonds is 5. The van der Waals surface area contributed by atoms with Gasteiger partial charge in [0.25, 0.3) is 0 Å². The molecule has 2 rings (SSSR count). The summed E-state index contributed by atoms with van der Waals surface area (Å²) >= 11 is 1.54. The minimum Gasteiger partial charge on any atom is -0.486 e. The van der Waals surface area contributed by atoms with Gasteiger partial charge in [0.1, 0.15) is 23.2 Å². The number of halogens is 1. The lowest BCUT2D eigenvalue weighted by Gasteiger charge is -2.07. The van der Waals surface area contributed by atoms with E-state index in [0.29, 0.717) is 11.3 Å². The van der Waals surface area contributed by atoms with Gasteiger partial charge in [0, 0.05) is 16.5 Å². The summed E-state index contributed by atoms with van der Waals surface area (Å²) in [7, 11) is 0. The fourth-order valence-electron chi connectivity index (χ4n) is 1.68. The number of carboxylic acid groups (broad SMARTS) is 1. The molecule has 0 spiro atoms. The first kappa shape index (κ1) is 15.2. The third-order valence-electron chi connectivity index (χ3n) is 2.80. The van der Waals surface area contributed by atoms with E-state index >= 15 is 0 Å².